The molecule has 9 rings (SSSR count). The first kappa shape index (κ1) is 33.6. The van der Waals surface area contributed by atoms with Gasteiger partial charge in [-0.1, -0.05) is 224 Å². The fraction of sp³-hybridized carbons (Fsp3) is 0.0192. The summed E-state index contributed by atoms with van der Waals surface area (Å²) in [6.07, 6.45) is 0. The maximum absolute atomic E-state index is 5.01. The van der Waals surface area contributed by atoms with Crippen molar-refractivity contribution in [1.29, 1.82) is 0 Å². The number of aromatic nitrogens is 3. The SMILES string of the molecule is c1ccc(-c2ccc(-c3nc(-c4ccccc4)nc(-c4ccc(-c5ccc(C(c6ccccc6)(c6ccccc6)c6ccccc6)cc5)cc4)n3)cc2)cc1. The molecule has 55 heavy (non-hydrogen) atoms. The summed E-state index contributed by atoms with van der Waals surface area (Å²) < 4.78 is 0. The molecule has 0 unspecified atom stereocenters. The molecule has 0 amide bonds. The maximum Gasteiger partial charge on any atom is 0.164 e. The summed E-state index contributed by atoms with van der Waals surface area (Å²) in [6, 6.07) is 79.0. The van der Waals surface area contributed by atoms with E-state index in [1.807, 2.05) is 36.4 Å². The van der Waals surface area contributed by atoms with Gasteiger partial charge in [0.2, 0.25) is 0 Å². The quantitative estimate of drug-likeness (QED) is 0.141. The molecule has 0 spiro atoms. The van der Waals surface area contributed by atoms with Gasteiger partial charge in [-0.2, -0.15) is 0 Å². The van der Waals surface area contributed by atoms with E-state index in [4.69, 9.17) is 15.0 Å². The van der Waals surface area contributed by atoms with Crippen molar-refractivity contribution in [2.75, 3.05) is 0 Å². The van der Waals surface area contributed by atoms with Crippen molar-refractivity contribution in [3.05, 3.63) is 247 Å². The largest absolute Gasteiger partial charge is 0.208 e. The first-order valence-corrected chi connectivity index (χ1v) is 18.6. The zero-order chi connectivity index (χ0) is 36.9. The van der Waals surface area contributed by atoms with E-state index in [-0.39, 0.29) is 0 Å². The number of hydrogen-bond donors (Lipinski definition) is 0. The van der Waals surface area contributed by atoms with Crippen LogP contribution >= 0.6 is 0 Å². The number of rotatable bonds is 9. The lowest BCUT2D eigenvalue weighted by molar-refractivity contribution is 0.745. The first-order valence-electron chi connectivity index (χ1n) is 18.6. The molecule has 0 aliphatic rings. The van der Waals surface area contributed by atoms with Crippen LogP contribution in [0.3, 0.4) is 0 Å². The van der Waals surface area contributed by atoms with E-state index >= 15 is 0 Å². The molecule has 3 heteroatoms. The Labute approximate surface area is 322 Å². The monoisotopic (exact) mass is 703 g/mol. The smallest absolute Gasteiger partial charge is 0.164 e. The van der Waals surface area contributed by atoms with E-state index in [1.54, 1.807) is 0 Å². The van der Waals surface area contributed by atoms with Crippen molar-refractivity contribution in [2.24, 2.45) is 0 Å². The molecule has 9 aromatic rings. The second kappa shape index (κ2) is 15.0. The van der Waals surface area contributed by atoms with Gasteiger partial charge in [0.15, 0.2) is 17.5 Å². The highest BCUT2D eigenvalue weighted by Gasteiger charge is 2.38. The molecule has 8 aromatic carbocycles. The third-order valence-corrected chi connectivity index (χ3v) is 10.3. The van der Waals surface area contributed by atoms with E-state index < -0.39 is 5.41 Å². The summed E-state index contributed by atoms with van der Waals surface area (Å²) >= 11 is 0. The molecule has 0 atom stereocenters. The number of nitrogens with zero attached hydrogens (tertiary/aromatic N) is 3. The van der Waals surface area contributed by atoms with Crippen LogP contribution in [-0.4, -0.2) is 15.0 Å². The van der Waals surface area contributed by atoms with Gasteiger partial charge in [0, 0.05) is 16.7 Å². The van der Waals surface area contributed by atoms with E-state index in [0.717, 1.165) is 33.4 Å². The van der Waals surface area contributed by atoms with Crippen LogP contribution in [-0.2, 0) is 5.41 Å². The molecule has 3 nitrogen and oxygen atoms in total. The van der Waals surface area contributed by atoms with Gasteiger partial charge < -0.3 is 0 Å². The minimum Gasteiger partial charge on any atom is -0.208 e. The van der Waals surface area contributed by atoms with Crippen LogP contribution in [0.2, 0.25) is 0 Å². The Bertz CT molecular complexity index is 2530. The Morgan fingerprint density at radius 3 is 0.764 bits per heavy atom. The summed E-state index contributed by atoms with van der Waals surface area (Å²) in [7, 11) is 0. The predicted octanol–water partition coefficient (Wildman–Crippen LogP) is 12.6. The van der Waals surface area contributed by atoms with Gasteiger partial charge >= 0.3 is 0 Å². The van der Waals surface area contributed by atoms with Gasteiger partial charge in [-0.25, -0.2) is 15.0 Å². The fourth-order valence-electron chi connectivity index (χ4n) is 7.58. The van der Waals surface area contributed by atoms with Crippen molar-refractivity contribution >= 4 is 0 Å². The summed E-state index contributed by atoms with van der Waals surface area (Å²) in [4.78, 5) is 14.9. The van der Waals surface area contributed by atoms with Crippen LogP contribution in [0, 0.1) is 0 Å². The Morgan fingerprint density at radius 2 is 0.418 bits per heavy atom. The molecule has 260 valence electrons. The molecular weight excluding hydrogens is 667 g/mol. The van der Waals surface area contributed by atoms with Gasteiger partial charge in [0.25, 0.3) is 0 Å². The van der Waals surface area contributed by atoms with E-state index in [1.165, 1.54) is 27.8 Å². The highest BCUT2D eigenvalue weighted by molar-refractivity contribution is 5.73. The minimum atomic E-state index is -0.485. The summed E-state index contributed by atoms with van der Waals surface area (Å²) in [6.45, 7) is 0. The van der Waals surface area contributed by atoms with Crippen molar-refractivity contribution in [1.82, 2.24) is 15.0 Å². The fourth-order valence-corrected chi connectivity index (χ4v) is 7.58. The van der Waals surface area contributed by atoms with Gasteiger partial charge in [0.1, 0.15) is 0 Å². The van der Waals surface area contributed by atoms with Crippen molar-refractivity contribution in [2.45, 2.75) is 5.41 Å². The zero-order valence-electron chi connectivity index (χ0n) is 30.2. The standard InChI is InChI=1S/C52H37N3/c1-6-16-38(17-7-1)39-26-30-43(31-27-39)50-53-49(42-18-8-2-9-19-42)54-51(55-50)44-32-28-40(29-33-44)41-34-36-48(37-35-41)52(45-20-10-3-11-21-45,46-22-12-4-13-23-46)47-24-14-5-15-25-47/h1-37H. The second-order valence-electron chi connectivity index (χ2n) is 13.6. The second-order valence-corrected chi connectivity index (χ2v) is 13.6. The predicted molar refractivity (Wildman–Crippen MR) is 225 cm³/mol. The third kappa shape index (κ3) is 6.65. The minimum absolute atomic E-state index is 0.485. The Hall–Kier alpha value is -7.23. The summed E-state index contributed by atoms with van der Waals surface area (Å²) in [5.74, 6) is 1.92. The molecule has 0 aliphatic heterocycles. The molecule has 0 saturated heterocycles. The van der Waals surface area contributed by atoms with Crippen LogP contribution < -0.4 is 0 Å². The van der Waals surface area contributed by atoms with Crippen LogP contribution in [0.1, 0.15) is 22.3 Å². The molecular formula is C52H37N3. The Balaban J connectivity index is 1.07. The molecule has 0 radical (unpaired) electrons. The van der Waals surface area contributed by atoms with Gasteiger partial charge in [-0.3, -0.25) is 0 Å². The summed E-state index contributed by atoms with van der Waals surface area (Å²) in [5, 5.41) is 0. The summed E-state index contributed by atoms with van der Waals surface area (Å²) in [5.41, 5.74) is 11.8. The topological polar surface area (TPSA) is 38.7 Å². The Morgan fingerprint density at radius 1 is 0.200 bits per heavy atom. The molecule has 0 N–H and O–H groups in total. The normalized spacial score (nSPS) is 11.3. The average molecular weight is 704 g/mol. The highest BCUT2D eigenvalue weighted by Crippen LogP contribution is 2.45. The lowest BCUT2D eigenvalue weighted by Crippen LogP contribution is -2.30. The van der Waals surface area contributed by atoms with Crippen LogP contribution in [0.25, 0.3) is 56.4 Å². The van der Waals surface area contributed by atoms with Gasteiger partial charge in [-0.05, 0) is 44.5 Å². The maximum atomic E-state index is 5.01. The molecule has 1 heterocycles. The molecule has 0 bridgehead atoms. The number of benzene rings is 8. The van der Waals surface area contributed by atoms with Crippen LogP contribution in [0.4, 0.5) is 0 Å². The van der Waals surface area contributed by atoms with Gasteiger partial charge in [-0.15, -0.1) is 0 Å². The van der Waals surface area contributed by atoms with E-state index in [2.05, 4.69) is 188 Å². The zero-order valence-corrected chi connectivity index (χ0v) is 30.2. The first-order chi connectivity index (χ1) is 27.3. The molecule has 0 saturated carbocycles. The Kier molecular flexibility index (Phi) is 9.17. The lowest BCUT2D eigenvalue weighted by Gasteiger charge is -2.37. The van der Waals surface area contributed by atoms with Crippen LogP contribution in [0.5, 0.6) is 0 Å². The average Bonchev–Trinajstić information content (AvgIpc) is 3.29. The van der Waals surface area contributed by atoms with Crippen LogP contribution in [0.15, 0.2) is 224 Å². The number of hydrogen-bond acceptors (Lipinski definition) is 3. The molecule has 0 aliphatic carbocycles. The molecule has 0 fully saturated rings. The third-order valence-electron chi connectivity index (χ3n) is 10.3. The van der Waals surface area contributed by atoms with E-state index in [0.29, 0.717) is 17.5 Å². The van der Waals surface area contributed by atoms with Crippen molar-refractivity contribution < 1.29 is 0 Å². The van der Waals surface area contributed by atoms with Crippen molar-refractivity contribution in [3.8, 4) is 56.4 Å². The van der Waals surface area contributed by atoms with Gasteiger partial charge in [0.05, 0.1) is 5.41 Å². The highest BCUT2D eigenvalue weighted by atomic mass is 15.0. The van der Waals surface area contributed by atoms with E-state index in [9.17, 15) is 0 Å². The molecule has 1 aromatic heterocycles. The lowest BCUT2D eigenvalue weighted by atomic mass is 9.65. The van der Waals surface area contributed by atoms with Crippen molar-refractivity contribution in [3.63, 3.8) is 0 Å².